The number of hydrogen-bond acceptors (Lipinski definition) is 6. The van der Waals surface area contributed by atoms with Crippen LogP contribution in [0.15, 0.2) is 42.5 Å². The first kappa shape index (κ1) is 19.5. The zero-order chi connectivity index (χ0) is 21.5. The van der Waals surface area contributed by atoms with E-state index in [9.17, 15) is 18.8 Å². The van der Waals surface area contributed by atoms with Crippen molar-refractivity contribution in [1.29, 1.82) is 0 Å². The number of nitrogens with zero attached hydrogens (tertiary/aromatic N) is 3. The number of amides is 3. The van der Waals surface area contributed by atoms with Gasteiger partial charge in [-0.05, 0) is 48.7 Å². The van der Waals surface area contributed by atoms with Gasteiger partial charge in [-0.15, -0.1) is 10.2 Å². The first-order chi connectivity index (χ1) is 15.0. The number of carbonyl (C=O) groups excluding carboxylic acids is 3. The van der Waals surface area contributed by atoms with Gasteiger partial charge in [0.1, 0.15) is 10.8 Å². The smallest absolute Gasteiger partial charge is 0.261 e. The fourth-order valence-electron chi connectivity index (χ4n) is 3.62. The SMILES string of the molecule is O=C(Nc1nnc(C2CCC2)s1)c1ccc2c(c1)C(=O)N(Cc1ccc(F)cc1)C2=O. The molecular formula is C22H17FN4O3S. The van der Waals surface area contributed by atoms with Crippen molar-refractivity contribution < 1.29 is 18.8 Å². The first-order valence-corrected chi connectivity index (χ1v) is 10.7. The van der Waals surface area contributed by atoms with Crippen molar-refractivity contribution in [3.63, 3.8) is 0 Å². The van der Waals surface area contributed by atoms with Crippen LogP contribution in [0.25, 0.3) is 0 Å². The number of rotatable bonds is 5. The molecule has 31 heavy (non-hydrogen) atoms. The second kappa shape index (κ2) is 7.66. The van der Waals surface area contributed by atoms with Gasteiger partial charge >= 0.3 is 0 Å². The van der Waals surface area contributed by atoms with Gasteiger partial charge in [0, 0.05) is 11.5 Å². The van der Waals surface area contributed by atoms with E-state index in [1.807, 2.05) is 0 Å². The molecule has 7 nitrogen and oxygen atoms in total. The van der Waals surface area contributed by atoms with Crippen molar-refractivity contribution >= 4 is 34.2 Å². The minimum Gasteiger partial charge on any atom is -0.296 e. The third-order valence-electron chi connectivity index (χ3n) is 5.60. The second-order valence-electron chi connectivity index (χ2n) is 7.61. The Morgan fingerprint density at radius 1 is 1.06 bits per heavy atom. The van der Waals surface area contributed by atoms with Crippen molar-refractivity contribution in [3.05, 3.63) is 75.5 Å². The molecular weight excluding hydrogens is 419 g/mol. The molecule has 5 rings (SSSR count). The van der Waals surface area contributed by atoms with Gasteiger partial charge in [0.15, 0.2) is 0 Å². The molecule has 2 heterocycles. The van der Waals surface area contributed by atoms with Gasteiger partial charge in [-0.25, -0.2) is 4.39 Å². The van der Waals surface area contributed by atoms with E-state index in [2.05, 4.69) is 15.5 Å². The number of halogens is 1. The maximum absolute atomic E-state index is 13.1. The summed E-state index contributed by atoms with van der Waals surface area (Å²) in [7, 11) is 0. The predicted molar refractivity (Wildman–Crippen MR) is 112 cm³/mol. The largest absolute Gasteiger partial charge is 0.296 e. The second-order valence-corrected chi connectivity index (χ2v) is 8.62. The third kappa shape index (κ3) is 3.61. The van der Waals surface area contributed by atoms with Crippen molar-refractivity contribution in [3.8, 4) is 0 Å². The summed E-state index contributed by atoms with van der Waals surface area (Å²) in [4.78, 5) is 39.2. The lowest BCUT2D eigenvalue weighted by atomic mass is 9.86. The molecule has 1 aliphatic heterocycles. The summed E-state index contributed by atoms with van der Waals surface area (Å²) in [6, 6.07) is 10.0. The van der Waals surface area contributed by atoms with Crippen LogP contribution >= 0.6 is 11.3 Å². The van der Waals surface area contributed by atoms with Crippen molar-refractivity contribution in [2.75, 3.05) is 5.32 Å². The molecule has 0 radical (unpaired) electrons. The molecule has 1 aromatic heterocycles. The minimum absolute atomic E-state index is 0.0306. The summed E-state index contributed by atoms with van der Waals surface area (Å²) in [5, 5.41) is 12.2. The molecule has 1 fully saturated rings. The van der Waals surface area contributed by atoms with Gasteiger partial charge in [0.05, 0.1) is 17.7 Å². The molecule has 2 aliphatic rings. The molecule has 0 unspecified atom stereocenters. The van der Waals surface area contributed by atoms with Gasteiger partial charge < -0.3 is 0 Å². The molecule has 1 N–H and O–H groups in total. The van der Waals surface area contributed by atoms with Crippen LogP contribution in [-0.4, -0.2) is 32.8 Å². The Kier molecular flexibility index (Phi) is 4.82. The Labute approximate surface area is 180 Å². The van der Waals surface area contributed by atoms with Crippen molar-refractivity contribution in [2.24, 2.45) is 0 Å². The van der Waals surface area contributed by atoms with Crippen molar-refractivity contribution in [2.45, 2.75) is 31.7 Å². The maximum Gasteiger partial charge on any atom is 0.261 e. The third-order valence-corrected chi connectivity index (χ3v) is 6.60. The van der Waals surface area contributed by atoms with Gasteiger partial charge in [-0.2, -0.15) is 0 Å². The van der Waals surface area contributed by atoms with Crippen LogP contribution in [0.3, 0.4) is 0 Å². The van der Waals surface area contributed by atoms with E-state index in [1.165, 1.54) is 60.2 Å². The average molecular weight is 436 g/mol. The monoisotopic (exact) mass is 436 g/mol. The van der Waals surface area contributed by atoms with Gasteiger partial charge in [-0.3, -0.25) is 24.6 Å². The number of aromatic nitrogens is 2. The van der Waals surface area contributed by atoms with E-state index in [0.29, 0.717) is 16.6 Å². The number of carbonyl (C=O) groups is 3. The summed E-state index contributed by atoms with van der Waals surface area (Å²) >= 11 is 1.36. The van der Waals surface area contributed by atoms with E-state index < -0.39 is 23.5 Å². The van der Waals surface area contributed by atoms with Crippen LogP contribution < -0.4 is 5.32 Å². The molecule has 2 aromatic carbocycles. The summed E-state index contributed by atoms with van der Waals surface area (Å²) in [6.07, 6.45) is 3.38. The zero-order valence-electron chi connectivity index (χ0n) is 16.3. The highest BCUT2D eigenvalue weighted by molar-refractivity contribution is 7.15. The number of imide groups is 1. The highest BCUT2D eigenvalue weighted by Gasteiger charge is 2.36. The quantitative estimate of drug-likeness (QED) is 0.611. The molecule has 0 spiro atoms. The fourth-order valence-corrected chi connectivity index (χ4v) is 4.53. The van der Waals surface area contributed by atoms with E-state index in [4.69, 9.17) is 0 Å². The number of fused-ring (bicyclic) bond motifs is 1. The van der Waals surface area contributed by atoms with E-state index in [-0.39, 0.29) is 23.2 Å². The molecule has 1 saturated carbocycles. The Morgan fingerprint density at radius 3 is 2.52 bits per heavy atom. The Morgan fingerprint density at radius 2 is 1.81 bits per heavy atom. The molecule has 0 bridgehead atoms. The molecule has 1 aliphatic carbocycles. The molecule has 9 heteroatoms. The average Bonchev–Trinajstić information content (AvgIpc) is 3.26. The topological polar surface area (TPSA) is 92.3 Å². The lowest BCUT2D eigenvalue weighted by molar-refractivity contribution is 0.0642. The molecule has 156 valence electrons. The number of nitrogens with one attached hydrogen (secondary N) is 1. The van der Waals surface area contributed by atoms with Crippen LogP contribution in [0.2, 0.25) is 0 Å². The van der Waals surface area contributed by atoms with Crippen molar-refractivity contribution in [1.82, 2.24) is 15.1 Å². The number of benzene rings is 2. The molecule has 3 amide bonds. The number of hydrogen-bond donors (Lipinski definition) is 1. The zero-order valence-corrected chi connectivity index (χ0v) is 17.1. The normalized spacial score (nSPS) is 15.7. The van der Waals surface area contributed by atoms with Crippen LogP contribution in [-0.2, 0) is 6.54 Å². The maximum atomic E-state index is 13.1. The van der Waals surface area contributed by atoms with Gasteiger partial charge in [0.2, 0.25) is 5.13 Å². The van der Waals surface area contributed by atoms with Gasteiger partial charge in [0.25, 0.3) is 17.7 Å². The van der Waals surface area contributed by atoms with Crippen LogP contribution in [0.5, 0.6) is 0 Å². The van der Waals surface area contributed by atoms with Crippen LogP contribution in [0.4, 0.5) is 9.52 Å². The lowest BCUT2D eigenvalue weighted by Gasteiger charge is -2.21. The summed E-state index contributed by atoms with van der Waals surface area (Å²) < 4.78 is 13.1. The van der Waals surface area contributed by atoms with Crippen LogP contribution in [0.1, 0.15) is 66.8 Å². The standard InChI is InChI=1S/C22H17FN4O3S/c23-15-7-4-12(5-8-15)11-27-20(29)16-9-6-14(10-17(16)21(27)30)18(28)24-22-26-25-19(31-22)13-2-1-3-13/h4-10,13H,1-3,11H2,(H,24,26,28). The summed E-state index contributed by atoms with van der Waals surface area (Å²) in [5.41, 5.74) is 1.30. The predicted octanol–water partition coefficient (Wildman–Crippen LogP) is 3.99. The van der Waals surface area contributed by atoms with E-state index >= 15 is 0 Å². The highest BCUT2D eigenvalue weighted by Crippen LogP contribution is 2.38. The number of anilines is 1. The minimum atomic E-state index is -0.484. The highest BCUT2D eigenvalue weighted by atomic mass is 32.1. The molecule has 3 aromatic rings. The Balaban J connectivity index is 1.32. The molecule has 0 saturated heterocycles. The van der Waals surface area contributed by atoms with Crippen LogP contribution in [0, 0.1) is 5.82 Å². The first-order valence-electron chi connectivity index (χ1n) is 9.89. The van der Waals surface area contributed by atoms with E-state index in [0.717, 1.165) is 22.7 Å². The molecule has 0 atom stereocenters. The van der Waals surface area contributed by atoms with Gasteiger partial charge in [-0.1, -0.05) is 29.9 Å². The summed E-state index contributed by atoms with van der Waals surface area (Å²) in [5.74, 6) is -1.31. The van der Waals surface area contributed by atoms with E-state index in [1.54, 1.807) is 0 Å². The Hall–Kier alpha value is -3.46. The summed E-state index contributed by atoms with van der Waals surface area (Å²) in [6.45, 7) is 0.0306. The lowest BCUT2D eigenvalue weighted by Crippen LogP contribution is -2.29. The fraction of sp³-hybridized carbons (Fsp3) is 0.227. The Bertz CT molecular complexity index is 1200.